The van der Waals surface area contributed by atoms with Gasteiger partial charge in [-0.05, 0) is 30.3 Å². The number of carbonyl (C=O) groups excluding carboxylic acids is 1. The molecule has 2 aromatic carbocycles. The Morgan fingerprint density at radius 2 is 1.85 bits per heavy atom. The van der Waals surface area contributed by atoms with Gasteiger partial charge in [0, 0.05) is 46.7 Å². The number of aromatic nitrogens is 2. The van der Waals surface area contributed by atoms with Gasteiger partial charge in [-0.2, -0.15) is 0 Å². The van der Waals surface area contributed by atoms with Crippen LogP contribution in [0.3, 0.4) is 0 Å². The second kappa shape index (κ2) is 6.49. The van der Waals surface area contributed by atoms with E-state index in [0.717, 1.165) is 21.7 Å². The molecule has 0 bridgehead atoms. The number of nitrogens with zero attached hydrogens (tertiary/aromatic N) is 2. The van der Waals surface area contributed by atoms with Crippen molar-refractivity contribution < 1.29 is 14.7 Å². The minimum Gasteiger partial charge on any atom is -0.478 e. The molecule has 0 spiro atoms. The van der Waals surface area contributed by atoms with Crippen LogP contribution in [0.5, 0.6) is 0 Å². The van der Waals surface area contributed by atoms with Gasteiger partial charge in [-0.1, -0.05) is 18.2 Å². The SMILES string of the molecule is CC(=O)Nc1cccc(-c2nc3cc(C(=O)O)ccc3c3cnccc23)c1. The van der Waals surface area contributed by atoms with Crippen molar-refractivity contribution in [3.8, 4) is 11.3 Å². The Hall–Kier alpha value is -3.80. The molecule has 4 rings (SSSR count). The number of carboxylic acid groups (broad SMARTS) is 1. The summed E-state index contributed by atoms with van der Waals surface area (Å²) in [6.45, 7) is 1.45. The van der Waals surface area contributed by atoms with Crippen molar-refractivity contribution >= 4 is 39.2 Å². The number of anilines is 1. The zero-order chi connectivity index (χ0) is 19.0. The molecule has 0 radical (unpaired) electrons. The predicted molar refractivity (Wildman–Crippen MR) is 104 cm³/mol. The average molecular weight is 357 g/mol. The lowest BCUT2D eigenvalue weighted by molar-refractivity contribution is -0.114. The lowest BCUT2D eigenvalue weighted by Gasteiger charge is -2.11. The standard InChI is InChI=1S/C21H15N3O3/c1-12(25)23-15-4-2-3-13(9-15)20-17-7-8-22-11-18(17)16-6-5-14(21(26)27)10-19(16)24-20/h2-11H,1H3,(H,23,25)(H,26,27). The van der Waals surface area contributed by atoms with E-state index in [4.69, 9.17) is 4.98 Å². The third-order valence-corrected chi connectivity index (χ3v) is 4.30. The molecule has 0 saturated carbocycles. The highest BCUT2D eigenvalue weighted by Crippen LogP contribution is 2.33. The van der Waals surface area contributed by atoms with Crippen LogP contribution >= 0.6 is 0 Å². The number of pyridine rings is 2. The number of carboxylic acids is 1. The lowest BCUT2D eigenvalue weighted by atomic mass is 10.0. The summed E-state index contributed by atoms with van der Waals surface area (Å²) in [5.74, 6) is -1.15. The zero-order valence-corrected chi connectivity index (χ0v) is 14.4. The first-order chi connectivity index (χ1) is 13.0. The Balaban J connectivity index is 2.01. The zero-order valence-electron chi connectivity index (χ0n) is 14.4. The molecule has 0 unspecified atom stereocenters. The molecule has 0 atom stereocenters. The van der Waals surface area contributed by atoms with E-state index < -0.39 is 5.97 Å². The van der Waals surface area contributed by atoms with E-state index in [1.54, 1.807) is 36.7 Å². The summed E-state index contributed by atoms with van der Waals surface area (Å²) in [5.41, 5.74) is 2.95. The van der Waals surface area contributed by atoms with E-state index in [-0.39, 0.29) is 11.5 Å². The van der Waals surface area contributed by atoms with Gasteiger partial charge in [0.05, 0.1) is 16.8 Å². The highest BCUT2D eigenvalue weighted by molar-refractivity contribution is 6.11. The van der Waals surface area contributed by atoms with Crippen LogP contribution in [0.15, 0.2) is 60.9 Å². The van der Waals surface area contributed by atoms with Crippen molar-refractivity contribution in [2.75, 3.05) is 5.32 Å². The number of hydrogen-bond donors (Lipinski definition) is 2. The molecule has 2 heterocycles. The van der Waals surface area contributed by atoms with Gasteiger partial charge < -0.3 is 10.4 Å². The first kappa shape index (κ1) is 16.7. The van der Waals surface area contributed by atoms with Crippen LogP contribution in [0.25, 0.3) is 32.9 Å². The number of aromatic carboxylic acids is 1. The molecule has 27 heavy (non-hydrogen) atoms. The summed E-state index contributed by atoms with van der Waals surface area (Å²) in [5, 5.41) is 14.7. The highest BCUT2D eigenvalue weighted by atomic mass is 16.4. The maximum Gasteiger partial charge on any atom is 0.335 e. The van der Waals surface area contributed by atoms with Crippen molar-refractivity contribution in [3.63, 3.8) is 0 Å². The quantitative estimate of drug-likeness (QED) is 0.538. The van der Waals surface area contributed by atoms with E-state index in [9.17, 15) is 14.7 Å². The fourth-order valence-corrected chi connectivity index (χ4v) is 3.15. The van der Waals surface area contributed by atoms with Gasteiger partial charge in [0.15, 0.2) is 0 Å². The summed E-state index contributed by atoms with van der Waals surface area (Å²) in [7, 11) is 0. The van der Waals surface area contributed by atoms with Crippen molar-refractivity contribution in [1.82, 2.24) is 9.97 Å². The number of amides is 1. The van der Waals surface area contributed by atoms with E-state index in [1.165, 1.54) is 6.92 Å². The number of hydrogen-bond acceptors (Lipinski definition) is 4. The van der Waals surface area contributed by atoms with Crippen LogP contribution in [0.1, 0.15) is 17.3 Å². The third kappa shape index (κ3) is 3.08. The summed E-state index contributed by atoms with van der Waals surface area (Å²) in [4.78, 5) is 31.6. The normalized spacial score (nSPS) is 10.9. The summed E-state index contributed by atoms with van der Waals surface area (Å²) in [6, 6.07) is 14.2. The second-order valence-electron chi connectivity index (χ2n) is 6.18. The fraction of sp³-hybridized carbons (Fsp3) is 0.0476. The maximum absolute atomic E-state index is 11.4. The molecule has 2 aromatic heterocycles. The molecule has 0 fully saturated rings. The molecule has 0 aliphatic heterocycles. The van der Waals surface area contributed by atoms with Gasteiger partial charge >= 0.3 is 5.97 Å². The van der Waals surface area contributed by atoms with E-state index >= 15 is 0 Å². The molecule has 0 aliphatic carbocycles. The number of carbonyl (C=O) groups is 2. The molecule has 132 valence electrons. The monoisotopic (exact) mass is 357 g/mol. The van der Waals surface area contributed by atoms with Crippen molar-refractivity contribution in [3.05, 3.63) is 66.5 Å². The average Bonchev–Trinajstić information content (AvgIpc) is 2.66. The van der Waals surface area contributed by atoms with Crippen LogP contribution in [0, 0.1) is 0 Å². The van der Waals surface area contributed by atoms with Crippen molar-refractivity contribution in [2.24, 2.45) is 0 Å². The molecule has 0 saturated heterocycles. The third-order valence-electron chi connectivity index (χ3n) is 4.30. The largest absolute Gasteiger partial charge is 0.478 e. The molecule has 1 amide bonds. The Morgan fingerprint density at radius 1 is 1.00 bits per heavy atom. The van der Waals surface area contributed by atoms with Crippen LogP contribution in [0.4, 0.5) is 5.69 Å². The number of rotatable bonds is 3. The maximum atomic E-state index is 11.4. The lowest BCUT2D eigenvalue weighted by Crippen LogP contribution is -2.05. The predicted octanol–water partition coefficient (Wildman–Crippen LogP) is 4.11. The van der Waals surface area contributed by atoms with Crippen molar-refractivity contribution in [1.29, 1.82) is 0 Å². The van der Waals surface area contributed by atoms with Gasteiger partial charge in [0.2, 0.25) is 5.91 Å². The Bertz CT molecular complexity index is 1220. The first-order valence-corrected chi connectivity index (χ1v) is 8.32. The Morgan fingerprint density at radius 3 is 2.63 bits per heavy atom. The van der Waals surface area contributed by atoms with E-state index in [2.05, 4.69) is 10.3 Å². The van der Waals surface area contributed by atoms with Gasteiger partial charge in [0.1, 0.15) is 0 Å². The minimum atomic E-state index is -1.00. The Kier molecular flexibility index (Phi) is 4.01. The van der Waals surface area contributed by atoms with Gasteiger partial charge in [0.25, 0.3) is 0 Å². The second-order valence-corrected chi connectivity index (χ2v) is 6.18. The molecule has 6 nitrogen and oxygen atoms in total. The minimum absolute atomic E-state index is 0.154. The molecule has 4 aromatic rings. The smallest absolute Gasteiger partial charge is 0.335 e. The first-order valence-electron chi connectivity index (χ1n) is 8.32. The van der Waals surface area contributed by atoms with Gasteiger partial charge in [-0.15, -0.1) is 0 Å². The summed E-state index contributed by atoms with van der Waals surface area (Å²) in [6.07, 6.45) is 3.45. The van der Waals surface area contributed by atoms with Crippen LogP contribution in [-0.2, 0) is 4.79 Å². The molecule has 6 heteroatoms. The van der Waals surface area contributed by atoms with Gasteiger partial charge in [-0.3, -0.25) is 9.78 Å². The van der Waals surface area contributed by atoms with Crippen LogP contribution in [0.2, 0.25) is 0 Å². The van der Waals surface area contributed by atoms with Crippen molar-refractivity contribution in [2.45, 2.75) is 6.92 Å². The molecular weight excluding hydrogens is 342 g/mol. The van der Waals surface area contributed by atoms with E-state index in [0.29, 0.717) is 16.9 Å². The highest BCUT2D eigenvalue weighted by Gasteiger charge is 2.13. The number of fused-ring (bicyclic) bond motifs is 3. The van der Waals surface area contributed by atoms with Crippen LogP contribution < -0.4 is 5.32 Å². The summed E-state index contributed by atoms with van der Waals surface area (Å²) < 4.78 is 0. The number of benzene rings is 2. The van der Waals surface area contributed by atoms with E-state index in [1.807, 2.05) is 24.3 Å². The fourth-order valence-electron chi connectivity index (χ4n) is 3.15. The topological polar surface area (TPSA) is 92.2 Å². The summed E-state index contributed by atoms with van der Waals surface area (Å²) >= 11 is 0. The molecule has 0 aliphatic rings. The Labute approximate surface area is 154 Å². The number of nitrogens with one attached hydrogen (secondary N) is 1. The molecular formula is C21H15N3O3. The molecule has 2 N–H and O–H groups in total. The van der Waals surface area contributed by atoms with Gasteiger partial charge in [-0.25, -0.2) is 9.78 Å². The van der Waals surface area contributed by atoms with Crippen LogP contribution in [-0.4, -0.2) is 27.0 Å².